The van der Waals surface area contributed by atoms with E-state index >= 15 is 0 Å². The number of hydrogen-bond acceptors (Lipinski definition) is 3. The van der Waals surface area contributed by atoms with Crippen LogP contribution >= 0.6 is 0 Å². The molecule has 1 amide bonds. The van der Waals surface area contributed by atoms with Crippen LogP contribution in [0.25, 0.3) is 0 Å². The third-order valence-electron chi connectivity index (χ3n) is 6.31. The second-order valence-electron chi connectivity index (χ2n) is 8.55. The van der Waals surface area contributed by atoms with Crippen molar-refractivity contribution in [2.24, 2.45) is 4.99 Å². The van der Waals surface area contributed by atoms with Crippen molar-refractivity contribution in [3.05, 3.63) is 65.5 Å². The molecule has 0 aromatic heterocycles. The lowest BCUT2D eigenvalue weighted by Gasteiger charge is -2.41. The van der Waals surface area contributed by atoms with Gasteiger partial charge in [0, 0.05) is 37.8 Å². The molecule has 0 spiro atoms. The minimum absolute atomic E-state index is 0.185. The Morgan fingerprint density at radius 3 is 2.23 bits per heavy atom. The molecular weight excluding hydrogens is 391 g/mol. The maximum absolute atomic E-state index is 13.3. The fraction of sp³-hybridized carbons (Fsp3) is 0.440. The summed E-state index contributed by atoms with van der Waals surface area (Å²) in [5, 5.41) is 3.00. The van der Waals surface area contributed by atoms with E-state index in [9.17, 15) is 9.18 Å². The fourth-order valence-electron chi connectivity index (χ4n) is 4.44. The zero-order chi connectivity index (χ0) is 21.6. The van der Waals surface area contributed by atoms with Crippen molar-refractivity contribution in [2.75, 3.05) is 26.2 Å². The van der Waals surface area contributed by atoms with Crippen LogP contribution in [0.15, 0.2) is 53.5 Å². The number of carbonyl (C=O) groups is 1. The Hall–Kier alpha value is -2.73. The van der Waals surface area contributed by atoms with Crippen molar-refractivity contribution in [1.82, 2.24) is 15.1 Å². The maximum Gasteiger partial charge on any atom is 0.257 e. The standard InChI is InChI=1S/C25H31FN4O/c1-19-7-9-20(10-8-19)24(31)28-25(27-22-13-11-21(26)12-14-22)30-17-15-29(16-18-30)23-5-3-2-4-6-23/h7-14,23H,2-6,15-18H2,1H3,(H,27,28,31). The molecule has 1 saturated carbocycles. The molecule has 5 nitrogen and oxygen atoms in total. The number of nitrogens with one attached hydrogen (secondary N) is 1. The van der Waals surface area contributed by atoms with Crippen LogP contribution in [0.4, 0.5) is 10.1 Å². The molecular formula is C25H31FN4O. The number of hydrogen-bond donors (Lipinski definition) is 1. The van der Waals surface area contributed by atoms with Gasteiger partial charge < -0.3 is 4.90 Å². The van der Waals surface area contributed by atoms with Gasteiger partial charge in [0.15, 0.2) is 0 Å². The highest BCUT2D eigenvalue weighted by molar-refractivity contribution is 6.06. The highest BCUT2D eigenvalue weighted by atomic mass is 19.1. The number of carbonyl (C=O) groups excluding carboxylic acids is 1. The highest BCUT2D eigenvalue weighted by Gasteiger charge is 2.27. The van der Waals surface area contributed by atoms with Crippen molar-refractivity contribution in [3.8, 4) is 0 Å². The molecule has 2 aromatic carbocycles. The van der Waals surface area contributed by atoms with Crippen molar-refractivity contribution >= 4 is 17.6 Å². The van der Waals surface area contributed by atoms with Gasteiger partial charge in [0.2, 0.25) is 5.96 Å². The average molecular weight is 423 g/mol. The van der Waals surface area contributed by atoms with Gasteiger partial charge in [-0.15, -0.1) is 0 Å². The number of amides is 1. The van der Waals surface area contributed by atoms with Gasteiger partial charge in [-0.3, -0.25) is 15.0 Å². The number of rotatable bonds is 3. The van der Waals surface area contributed by atoms with Crippen LogP contribution < -0.4 is 5.32 Å². The predicted molar refractivity (Wildman–Crippen MR) is 122 cm³/mol. The number of nitrogens with zero attached hydrogens (tertiary/aromatic N) is 3. The van der Waals surface area contributed by atoms with E-state index in [0.717, 1.165) is 31.7 Å². The zero-order valence-corrected chi connectivity index (χ0v) is 18.2. The maximum atomic E-state index is 13.3. The van der Waals surface area contributed by atoms with E-state index in [0.29, 0.717) is 23.3 Å². The summed E-state index contributed by atoms with van der Waals surface area (Å²) >= 11 is 0. The van der Waals surface area contributed by atoms with Crippen LogP contribution in [0, 0.1) is 12.7 Å². The van der Waals surface area contributed by atoms with Gasteiger partial charge in [0.1, 0.15) is 5.82 Å². The van der Waals surface area contributed by atoms with E-state index in [2.05, 4.69) is 20.1 Å². The first-order valence-corrected chi connectivity index (χ1v) is 11.3. The number of halogens is 1. The van der Waals surface area contributed by atoms with Crippen molar-refractivity contribution in [3.63, 3.8) is 0 Å². The SMILES string of the molecule is Cc1ccc(C(=O)NC(=Nc2ccc(F)cc2)N2CCN(C3CCCCC3)CC2)cc1. The Morgan fingerprint density at radius 1 is 0.935 bits per heavy atom. The summed E-state index contributed by atoms with van der Waals surface area (Å²) in [6.45, 7) is 5.55. The molecule has 0 radical (unpaired) electrons. The van der Waals surface area contributed by atoms with Crippen LogP contribution in [-0.4, -0.2) is 53.9 Å². The number of aliphatic imine (C=N–C) groups is 1. The molecule has 1 aliphatic heterocycles. The molecule has 164 valence electrons. The molecule has 1 heterocycles. The largest absolute Gasteiger partial charge is 0.340 e. The lowest BCUT2D eigenvalue weighted by atomic mass is 9.94. The molecule has 1 aliphatic carbocycles. The van der Waals surface area contributed by atoms with Crippen molar-refractivity contribution in [1.29, 1.82) is 0 Å². The van der Waals surface area contributed by atoms with Gasteiger partial charge in [0.05, 0.1) is 5.69 Å². The Bertz CT molecular complexity index is 896. The Labute approximate surface area is 184 Å². The molecule has 1 saturated heterocycles. The molecule has 2 aromatic rings. The quantitative estimate of drug-likeness (QED) is 0.585. The Morgan fingerprint density at radius 2 is 1.58 bits per heavy atom. The minimum Gasteiger partial charge on any atom is -0.340 e. The second kappa shape index (κ2) is 10.1. The van der Waals surface area contributed by atoms with E-state index in [-0.39, 0.29) is 11.7 Å². The molecule has 2 fully saturated rings. The third kappa shape index (κ3) is 5.70. The first-order chi connectivity index (χ1) is 15.1. The molecule has 4 rings (SSSR count). The number of guanidine groups is 1. The molecule has 31 heavy (non-hydrogen) atoms. The summed E-state index contributed by atoms with van der Waals surface area (Å²) in [5.41, 5.74) is 2.32. The van der Waals surface area contributed by atoms with Gasteiger partial charge in [-0.2, -0.15) is 0 Å². The molecule has 0 bridgehead atoms. The first-order valence-electron chi connectivity index (χ1n) is 11.3. The van der Waals surface area contributed by atoms with Crippen LogP contribution in [0.2, 0.25) is 0 Å². The first kappa shape index (κ1) is 21.5. The van der Waals surface area contributed by atoms with Gasteiger partial charge in [-0.05, 0) is 56.2 Å². The molecule has 1 N–H and O–H groups in total. The predicted octanol–water partition coefficient (Wildman–Crippen LogP) is 4.50. The second-order valence-corrected chi connectivity index (χ2v) is 8.55. The summed E-state index contributed by atoms with van der Waals surface area (Å²) in [5.74, 6) is 0.0429. The van der Waals surface area contributed by atoms with E-state index in [1.807, 2.05) is 31.2 Å². The van der Waals surface area contributed by atoms with E-state index in [1.54, 1.807) is 12.1 Å². The zero-order valence-electron chi connectivity index (χ0n) is 18.2. The van der Waals surface area contributed by atoms with E-state index in [1.165, 1.54) is 44.2 Å². The van der Waals surface area contributed by atoms with Crippen LogP contribution in [0.5, 0.6) is 0 Å². The van der Waals surface area contributed by atoms with Gasteiger partial charge in [-0.1, -0.05) is 37.0 Å². The van der Waals surface area contributed by atoms with Crippen LogP contribution in [0.1, 0.15) is 48.0 Å². The normalized spacial score (nSPS) is 18.8. The fourth-order valence-corrected chi connectivity index (χ4v) is 4.44. The number of aryl methyl sites for hydroxylation is 1. The van der Waals surface area contributed by atoms with Crippen molar-refractivity contribution < 1.29 is 9.18 Å². The number of piperazine rings is 1. The van der Waals surface area contributed by atoms with E-state index in [4.69, 9.17) is 0 Å². The Balaban J connectivity index is 1.49. The van der Waals surface area contributed by atoms with E-state index < -0.39 is 0 Å². The Kier molecular flexibility index (Phi) is 6.97. The summed E-state index contributed by atoms with van der Waals surface area (Å²) in [4.78, 5) is 22.3. The highest BCUT2D eigenvalue weighted by Crippen LogP contribution is 2.24. The van der Waals surface area contributed by atoms with Gasteiger partial charge in [0.25, 0.3) is 5.91 Å². The molecule has 0 unspecified atom stereocenters. The van der Waals surface area contributed by atoms with Crippen LogP contribution in [-0.2, 0) is 0 Å². The average Bonchev–Trinajstić information content (AvgIpc) is 2.81. The summed E-state index contributed by atoms with van der Waals surface area (Å²) < 4.78 is 13.3. The molecule has 2 aliphatic rings. The smallest absolute Gasteiger partial charge is 0.257 e. The monoisotopic (exact) mass is 422 g/mol. The molecule has 6 heteroatoms. The minimum atomic E-state index is -0.301. The summed E-state index contributed by atoms with van der Waals surface area (Å²) in [7, 11) is 0. The number of benzene rings is 2. The summed E-state index contributed by atoms with van der Waals surface area (Å²) in [6, 6.07) is 14.2. The van der Waals surface area contributed by atoms with Crippen LogP contribution in [0.3, 0.4) is 0 Å². The lowest BCUT2D eigenvalue weighted by Crippen LogP contribution is -2.55. The van der Waals surface area contributed by atoms with Gasteiger partial charge >= 0.3 is 0 Å². The third-order valence-corrected chi connectivity index (χ3v) is 6.31. The van der Waals surface area contributed by atoms with Gasteiger partial charge in [-0.25, -0.2) is 9.38 Å². The summed E-state index contributed by atoms with van der Waals surface area (Å²) in [6.07, 6.45) is 6.60. The lowest BCUT2D eigenvalue weighted by molar-refractivity contribution is 0.0943. The molecule has 0 atom stereocenters. The topological polar surface area (TPSA) is 47.9 Å². The van der Waals surface area contributed by atoms with Crippen molar-refractivity contribution in [2.45, 2.75) is 45.1 Å².